The number of carbonyl (C=O) groups is 1. The highest BCUT2D eigenvalue weighted by molar-refractivity contribution is 5.94. The zero-order valence-electron chi connectivity index (χ0n) is 16.7. The minimum Gasteiger partial charge on any atom is -0.481 e. The van der Waals surface area contributed by atoms with E-state index >= 15 is 0 Å². The zero-order valence-corrected chi connectivity index (χ0v) is 16.7. The maximum Gasteiger partial charge on any atom is 0.255 e. The molecule has 0 atom stereocenters. The van der Waals surface area contributed by atoms with E-state index in [9.17, 15) is 4.79 Å². The van der Waals surface area contributed by atoms with Crippen LogP contribution in [0.1, 0.15) is 21.7 Å². The van der Waals surface area contributed by atoms with Crippen LogP contribution in [0.4, 0.5) is 5.82 Å². The van der Waals surface area contributed by atoms with E-state index in [0.29, 0.717) is 43.4 Å². The Morgan fingerprint density at radius 3 is 2.28 bits per heavy atom. The first-order valence-electron chi connectivity index (χ1n) is 9.47. The van der Waals surface area contributed by atoms with E-state index in [-0.39, 0.29) is 5.91 Å². The summed E-state index contributed by atoms with van der Waals surface area (Å²) in [6.45, 7) is 6.57. The Morgan fingerprint density at radius 2 is 1.72 bits per heavy atom. The van der Waals surface area contributed by atoms with Gasteiger partial charge in [-0.2, -0.15) is 5.10 Å². The molecule has 0 saturated carbocycles. The molecule has 9 heteroatoms. The van der Waals surface area contributed by atoms with Gasteiger partial charge in [0.25, 0.3) is 5.91 Å². The lowest BCUT2D eigenvalue weighted by atomic mass is 10.2. The summed E-state index contributed by atoms with van der Waals surface area (Å²) >= 11 is 0. The van der Waals surface area contributed by atoms with Crippen molar-refractivity contribution in [3.05, 3.63) is 53.5 Å². The molecule has 1 fully saturated rings. The minimum atomic E-state index is -0.0224. The van der Waals surface area contributed by atoms with Gasteiger partial charge in [-0.3, -0.25) is 4.79 Å². The van der Waals surface area contributed by atoms with Crippen molar-refractivity contribution in [3.63, 3.8) is 0 Å². The number of aryl methyl sites for hydroxylation is 2. The van der Waals surface area contributed by atoms with Crippen LogP contribution in [0.15, 0.2) is 36.5 Å². The number of hydrogen-bond donors (Lipinski definition) is 0. The van der Waals surface area contributed by atoms with Gasteiger partial charge in [0.05, 0.1) is 18.4 Å². The molecular formula is C20H23N7O2. The van der Waals surface area contributed by atoms with Crippen molar-refractivity contribution in [2.24, 2.45) is 0 Å². The van der Waals surface area contributed by atoms with Crippen molar-refractivity contribution in [1.82, 2.24) is 29.9 Å². The molecule has 3 aromatic rings. The lowest BCUT2D eigenvalue weighted by Crippen LogP contribution is -2.49. The highest BCUT2D eigenvalue weighted by Crippen LogP contribution is 2.17. The van der Waals surface area contributed by atoms with Crippen molar-refractivity contribution in [2.75, 3.05) is 38.2 Å². The predicted octanol–water partition coefficient (Wildman–Crippen LogP) is 1.65. The third-order valence-corrected chi connectivity index (χ3v) is 4.95. The van der Waals surface area contributed by atoms with E-state index in [0.717, 1.165) is 17.2 Å². The molecule has 150 valence electrons. The van der Waals surface area contributed by atoms with Crippen molar-refractivity contribution >= 4 is 11.7 Å². The molecule has 0 aromatic carbocycles. The number of pyridine rings is 1. The molecule has 0 bridgehead atoms. The van der Waals surface area contributed by atoms with Crippen LogP contribution in [0.5, 0.6) is 5.88 Å². The molecule has 29 heavy (non-hydrogen) atoms. The second-order valence-electron chi connectivity index (χ2n) is 6.96. The third kappa shape index (κ3) is 3.89. The van der Waals surface area contributed by atoms with Gasteiger partial charge in [-0.25, -0.2) is 9.67 Å². The summed E-state index contributed by atoms with van der Waals surface area (Å²) in [6.07, 6.45) is 1.55. The lowest BCUT2D eigenvalue weighted by Gasteiger charge is -2.35. The Morgan fingerprint density at radius 1 is 1.00 bits per heavy atom. The van der Waals surface area contributed by atoms with E-state index in [4.69, 9.17) is 4.74 Å². The van der Waals surface area contributed by atoms with Gasteiger partial charge in [-0.15, -0.1) is 10.2 Å². The SMILES string of the molecule is COc1ccc(C(=O)N2CCN(c3ccc(-n4nc(C)cc4C)nn3)CC2)cn1. The maximum atomic E-state index is 12.7. The van der Waals surface area contributed by atoms with E-state index in [2.05, 4.69) is 25.2 Å². The molecular weight excluding hydrogens is 370 g/mol. The Labute approximate surface area is 168 Å². The number of ether oxygens (including phenoxy) is 1. The minimum absolute atomic E-state index is 0.0224. The fraction of sp³-hybridized carbons (Fsp3) is 0.350. The van der Waals surface area contributed by atoms with Gasteiger partial charge >= 0.3 is 0 Å². The molecule has 0 unspecified atom stereocenters. The van der Waals surface area contributed by atoms with Gasteiger partial charge < -0.3 is 14.5 Å². The van der Waals surface area contributed by atoms with E-state index < -0.39 is 0 Å². The maximum absolute atomic E-state index is 12.7. The molecule has 1 aliphatic heterocycles. The number of amides is 1. The number of rotatable bonds is 4. The molecule has 0 spiro atoms. The van der Waals surface area contributed by atoms with Crippen molar-refractivity contribution in [3.8, 4) is 11.7 Å². The smallest absolute Gasteiger partial charge is 0.255 e. The van der Waals surface area contributed by atoms with Crippen LogP contribution >= 0.6 is 0 Å². The number of anilines is 1. The molecule has 1 aliphatic rings. The first kappa shape index (κ1) is 18.9. The van der Waals surface area contributed by atoms with E-state index in [1.165, 1.54) is 0 Å². The van der Waals surface area contributed by atoms with Crippen molar-refractivity contribution < 1.29 is 9.53 Å². The number of methoxy groups -OCH3 is 1. The monoisotopic (exact) mass is 393 g/mol. The number of piperazine rings is 1. The average molecular weight is 393 g/mol. The van der Waals surface area contributed by atoms with Crippen LogP contribution in [0.2, 0.25) is 0 Å². The molecule has 9 nitrogen and oxygen atoms in total. The lowest BCUT2D eigenvalue weighted by molar-refractivity contribution is 0.0746. The summed E-state index contributed by atoms with van der Waals surface area (Å²) in [4.78, 5) is 20.7. The molecule has 1 saturated heterocycles. The van der Waals surface area contributed by atoms with Gasteiger partial charge in [-0.05, 0) is 38.1 Å². The normalized spacial score (nSPS) is 14.2. The van der Waals surface area contributed by atoms with Crippen LogP contribution in [0.25, 0.3) is 5.82 Å². The highest BCUT2D eigenvalue weighted by Gasteiger charge is 2.23. The summed E-state index contributed by atoms with van der Waals surface area (Å²) < 4.78 is 6.82. The van der Waals surface area contributed by atoms with Crippen molar-refractivity contribution in [1.29, 1.82) is 0 Å². The Balaban J connectivity index is 1.39. The molecule has 0 N–H and O–H groups in total. The summed E-state index contributed by atoms with van der Waals surface area (Å²) in [5.41, 5.74) is 2.53. The molecule has 1 amide bonds. The number of aromatic nitrogens is 5. The largest absolute Gasteiger partial charge is 0.481 e. The zero-order chi connectivity index (χ0) is 20.4. The first-order chi connectivity index (χ1) is 14.0. The van der Waals surface area contributed by atoms with Gasteiger partial charge in [0, 0.05) is 44.1 Å². The first-order valence-corrected chi connectivity index (χ1v) is 9.47. The van der Waals surface area contributed by atoms with E-state index in [1.807, 2.05) is 36.9 Å². The molecule has 3 aromatic heterocycles. The van der Waals surface area contributed by atoms with Crippen LogP contribution in [0, 0.1) is 13.8 Å². The van der Waals surface area contributed by atoms with Gasteiger partial charge in [0.2, 0.25) is 5.88 Å². The van der Waals surface area contributed by atoms with Crippen LogP contribution in [0.3, 0.4) is 0 Å². The van der Waals surface area contributed by atoms with Gasteiger partial charge in [0.15, 0.2) is 11.6 Å². The topological polar surface area (TPSA) is 89.3 Å². The Kier molecular flexibility index (Phi) is 5.11. The summed E-state index contributed by atoms with van der Waals surface area (Å²) in [7, 11) is 1.55. The molecule has 0 radical (unpaired) electrons. The van der Waals surface area contributed by atoms with Crippen LogP contribution < -0.4 is 9.64 Å². The van der Waals surface area contributed by atoms with Crippen LogP contribution in [-0.4, -0.2) is 69.1 Å². The Hall–Kier alpha value is -3.49. The predicted molar refractivity (Wildman–Crippen MR) is 108 cm³/mol. The number of carbonyl (C=O) groups excluding carboxylic acids is 1. The number of hydrogen-bond acceptors (Lipinski definition) is 7. The third-order valence-electron chi connectivity index (χ3n) is 4.95. The summed E-state index contributed by atoms with van der Waals surface area (Å²) in [6, 6.07) is 9.31. The molecule has 0 aliphatic carbocycles. The summed E-state index contributed by atoms with van der Waals surface area (Å²) in [5.74, 6) is 1.97. The molecule has 4 heterocycles. The second kappa shape index (κ2) is 7.86. The molecule has 4 rings (SSSR count). The van der Waals surface area contributed by atoms with Crippen molar-refractivity contribution in [2.45, 2.75) is 13.8 Å². The average Bonchev–Trinajstić information content (AvgIpc) is 3.11. The Bertz CT molecular complexity index is 991. The highest BCUT2D eigenvalue weighted by atomic mass is 16.5. The fourth-order valence-electron chi connectivity index (χ4n) is 3.41. The van der Waals surface area contributed by atoms with Gasteiger partial charge in [0.1, 0.15) is 0 Å². The van der Waals surface area contributed by atoms with Gasteiger partial charge in [-0.1, -0.05) is 0 Å². The number of nitrogens with zero attached hydrogens (tertiary/aromatic N) is 7. The fourth-order valence-corrected chi connectivity index (χ4v) is 3.41. The van der Waals surface area contributed by atoms with E-state index in [1.54, 1.807) is 30.1 Å². The quantitative estimate of drug-likeness (QED) is 0.666. The summed E-state index contributed by atoms with van der Waals surface area (Å²) in [5, 5.41) is 13.1. The second-order valence-corrected chi connectivity index (χ2v) is 6.96. The van der Waals surface area contributed by atoms with Crippen LogP contribution in [-0.2, 0) is 0 Å². The standard InChI is InChI=1S/C20H23N7O2/c1-14-12-15(2)27(24-14)18-6-5-17(22-23-18)25-8-10-26(11-9-25)20(28)16-4-7-19(29-3)21-13-16/h4-7,12-13H,8-11H2,1-3H3.